The number of benzene rings is 2. The highest BCUT2D eigenvalue weighted by molar-refractivity contribution is 6.04. The molecule has 0 spiro atoms. The van der Waals surface area contributed by atoms with Gasteiger partial charge < -0.3 is 4.74 Å². The molecule has 2 aromatic rings. The van der Waals surface area contributed by atoms with Gasteiger partial charge in [-0.2, -0.15) is 0 Å². The van der Waals surface area contributed by atoms with Crippen LogP contribution >= 0.6 is 0 Å². The summed E-state index contributed by atoms with van der Waals surface area (Å²) in [6.45, 7) is 0. The number of methoxy groups -OCH3 is 1. The van der Waals surface area contributed by atoms with Crippen LogP contribution in [0, 0.1) is 5.92 Å². The van der Waals surface area contributed by atoms with Gasteiger partial charge in [-0.1, -0.05) is 30.3 Å². The first-order valence-corrected chi connectivity index (χ1v) is 9.03. The summed E-state index contributed by atoms with van der Waals surface area (Å²) in [5.41, 5.74) is 6.28. The number of rotatable bonds is 3. The van der Waals surface area contributed by atoms with E-state index in [9.17, 15) is 9.59 Å². The Morgan fingerprint density at radius 2 is 1.84 bits per heavy atom. The van der Waals surface area contributed by atoms with Gasteiger partial charge in [0.15, 0.2) is 5.78 Å². The number of hydrogen-bond donors (Lipinski definition) is 0. The molecule has 0 N–H and O–H groups in total. The molecule has 128 valence electrons. The Bertz CT molecular complexity index is 850. The number of hydrogen-bond acceptors (Lipinski definition) is 3. The highest BCUT2D eigenvalue weighted by Gasteiger charge is 2.34. The number of carbonyl (C=O) groups is 2. The van der Waals surface area contributed by atoms with Crippen molar-refractivity contribution in [3.63, 3.8) is 0 Å². The van der Waals surface area contributed by atoms with Crippen LogP contribution in [0.1, 0.15) is 55.8 Å². The van der Waals surface area contributed by atoms with E-state index in [1.54, 1.807) is 6.07 Å². The van der Waals surface area contributed by atoms with Crippen LogP contribution in [0.3, 0.4) is 0 Å². The molecule has 0 saturated heterocycles. The highest BCUT2D eigenvalue weighted by Crippen LogP contribution is 2.36. The lowest BCUT2D eigenvalue weighted by Crippen LogP contribution is -2.16. The molecule has 3 nitrogen and oxygen atoms in total. The molecule has 0 unspecified atom stereocenters. The van der Waals surface area contributed by atoms with Crippen LogP contribution in [-0.4, -0.2) is 18.9 Å². The Morgan fingerprint density at radius 1 is 1.08 bits per heavy atom. The molecule has 0 radical (unpaired) electrons. The number of carbonyl (C=O) groups excluding carboxylic acids is 2. The molecule has 25 heavy (non-hydrogen) atoms. The molecule has 2 aromatic carbocycles. The molecule has 0 saturated carbocycles. The summed E-state index contributed by atoms with van der Waals surface area (Å²) < 4.78 is 4.88. The van der Waals surface area contributed by atoms with Crippen molar-refractivity contribution in [3.8, 4) is 0 Å². The van der Waals surface area contributed by atoms with E-state index in [1.165, 1.54) is 36.6 Å². The second-order valence-electron chi connectivity index (χ2n) is 7.06. The van der Waals surface area contributed by atoms with Gasteiger partial charge in [0.05, 0.1) is 12.7 Å². The van der Waals surface area contributed by atoms with E-state index in [2.05, 4.69) is 12.1 Å². The van der Waals surface area contributed by atoms with E-state index in [0.717, 1.165) is 30.4 Å². The normalized spacial score (nSPS) is 18.6. The predicted octanol–water partition coefficient (Wildman–Crippen LogP) is 3.95. The van der Waals surface area contributed by atoms with Gasteiger partial charge in [-0.25, -0.2) is 4.79 Å². The van der Waals surface area contributed by atoms with Crippen molar-refractivity contribution in [2.75, 3.05) is 7.11 Å². The number of aryl methyl sites for hydroxylation is 1. The minimum absolute atomic E-state index is 0.0748. The van der Waals surface area contributed by atoms with Crippen LogP contribution in [-0.2, 0) is 30.4 Å². The second kappa shape index (κ2) is 6.47. The molecule has 1 atom stereocenters. The van der Waals surface area contributed by atoms with Crippen molar-refractivity contribution < 1.29 is 14.3 Å². The zero-order valence-corrected chi connectivity index (χ0v) is 14.5. The summed E-state index contributed by atoms with van der Waals surface area (Å²) in [7, 11) is 1.39. The van der Waals surface area contributed by atoms with E-state index in [0.29, 0.717) is 12.0 Å². The van der Waals surface area contributed by atoms with Gasteiger partial charge in [0, 0.05) is 11.5 Å². The third-order valence-electron chi connectivity index (χ3n) is 5.59. The Labute approximate surface area is 148 Å². The summed E-state index contributed by atoms with van der Waals surface area (Å²) in [5.74, 6) is -0.154. The fourth-order valence-electron chi connectivity index (χ4n) is 4.35. The lowest BCUT2D eigenvalue weighted by Gasteiger charge is -2.18. The topological polar surface area (TPSA) is 43.4 Å². The largest absolute Gasteiger partial charge is 0.465 e. The molecular weight excluding hydrogens is 312 g/mol. The number of esters is 1. The number of Topliss-reactive ketones (excluding diaryl/α,β-unsaturated/α-hetero) is 1. The first-order valence-electron chi connectivity index (χ1n) is 9.03. The average Bonchev–Trinajstić information content (AvgIpc) is 2.97. The van der Waals surface area contributed by atoms with Crippen molar-refractivity contribution in [2.45, 2.75) is 38.5 Å². The quantitative estimate of drug-likeness (QED) is 0.798. The third-order valence-corrected chi connectivity index (χ3v) is 5.59. The van der Waals surface area contributed by atoms with Crippen molar-refractivity contribution >= 4 is 11.8 Å². The maximum atomic E-state index is 13.1. The molecular formula is C22H22O3. The van der Waals surface area contributed by atoms with Gasteiger partial charge >= 0.3 is 5.97 Å². The second-order valence-corrected chi connectivity index (χ2v) is 7.06. The molecule has 4 rings (SSSR count). The number of ether oxygens (including phenoxy) is 1. The predicted molar refractivity (Wildman–Crippen MR) is 96.1 cm³/mol. The van der Waals surface area contributed by atoms with Crippen molar-refractivity contribution in [1.29, 1.82) is 0 Å². The lowest BCUT2D eigenvalue weighted by atomic mass is 9.86. The molecule has 3 heteroatoms. The minimum Gasteiger partial charge on any atom is -0.465 e. The fourth-order valence-corrected chi connectivity index (χ4v) is 4.35. The Morgan fingerprint density at radius 3 is 2.68 bits per heavy atom. The van der Waals surface area contributed by atoms with Crippen molar-refractivity contribution in [1.82, 2.24) is 0 Å². The van der Waals surface area contributed by atoms with Gasteiger partial charge in [-0.15, -0.1) is 0 Å². The molecule has 0 fully saturated rings. The standard InChI is InChI=1S/C22H22O3/c1-25-22(24)19-9-5-3-7-15(19)12-17-13-16-11-10-14-6-2-4-8-18(14)20(16)21(17)23/h3,5,7,9-11,17H,2,4,6,8,12-13H2,1H3/t17-/m1/s1. The molecule has 0 heterocycles. The highest BCUT2D eigenvalue weighted by atomic mass is 16.5. The fraction of sp³-hybridized carbons (Fsp3) is 0.364. The van der Waals surface area contributed by atoms with Crippen LogP contribution in [0.4, 0.5) is 0 Å². The first kappa shape index (κ1) is 16.1. The van der Waals surface area contributed by atoms with E-state index in [-0.39, 0.29) is 17.7 Å². The van der Waals surface area contributed by atoms with Gasteiger partial charge in [-0.05, 0) is 66.8 Å². The molecule has 0 aromatic heterocycles. The third kappa shape index (κ3) is 2.78. The number of ketones is 1. The summed E-state index contributed by atoms with van der Waals surface area (Å²) in [6, 6.07) is 11.8. The summed E-state index contributed by atoms with van der Waals surface area (Å²) in [4.78, 5) is 25.1. The first-order chi connectivity index (χ1) is 12.2. The van der Waals surface area contributed by atoms with Crippen LogP contribution < -0.4 is 0 Å². The maximum Gasteiger partial charge on any atom is 0.338 e. The summed E-state index contributed by atoms with van der Waals surface area (Å²) >= 11 is 0. The summed E-state index contributed by atoms with van der Waals surface area (Å²) in [6.07, 6.45) is 5.87. The van der Waals surface area contributed by atoms with E-state index >= 15 is 0 Å². The van der Waals surface area contributed by atoms with Gasteiger partial charge in [0.2, 0.25) is 0 Å². The summed E-state index contributed by atoms with van der Waals surface area (Å²) in [5, 5.41) is 0. The van der Waals surface area contributed by atoms with Crippen LogP contribution in [0.15, 0.2) is 36.4 Å². The SMILES string of the molecule is COC(=O)c1ccccc1C[C@@H]1Cc2ccc3c(c2C1=O)CCCC3. The Kier molecular flexibility index (Phi) is 4.16. The van der Waals surface area contributed by atoms with E-state index in [4.69, 9.17) is 4.74 Å². The minimum atomic E-state index is -0.337. The molecule has 2 aliphatic carbocycles. The Hall–Kier alpha value is -2.42. The van der Waals surface area contributed by atoms with E-state index < -0.39 is 0 Å². The van der Waals surface area contributed by atoms with Crippen molar-refractivity contribution in [2.24, 2.45) is 5.92 Å². The van der Waals surface area contributed by atoms with Gasteiger partial charge in [0.25, 0.3) is 0 Å². The van der Waals surface area contributed by atoms with E-state index in [1.807, 2.05) is 18.2 Å². The lowest BCUT2D eigenvalue weighted by molar-refractivity contribution is 0.0598. The zero-order valence-electron chi connectivity index (χ0n) is 14.5. The molecule has 0 aliphatic heterocycles. The van der Waals surface area contributed by atoms with Crippen molar-refractivity contribution in [3.05, 3.63) is 69.8 Å². The van der Waals surface area contributed by atoms with Crippen LogP contribution in [0.2, 0.25) is 0 Å². The average molecular weight is 334 g/mol. The van der Waals surface area contributed by atoms with Gasteiger partial charge in [0.1, 0.15) is 0 Å². The molecule has 2 aliphatic rings. The maximum absolute atomic E-state index is 13.1. The van der Waals surface area contributed by atoms with Crippen LogP contribution in [0.5, 0.6) is 0 Å². The van der Waals surface area contributed by atoms with Gasteiger partial charge in [-0.3, -0.25) is 4.79 Å². The smallest absolute Gasteiger partial charge is 0.338 e. The van der Waals surface area contributed by atoms with Crippen LogP contribution in [0.25, 0.3) is 0 Å². The Balaban J connectivity index is 1.64. The monoisotopic (exact) mass is 334 g/mol. The molecule has 0 amide bonds. The zero-order chi connectivity index (χ0) is 17.4. The number of fused-ring (bicyclic) bond motifs is 3. The molecule has 0 bridgehead atoms.